The normalized spacial score (nSPS) is 22.4. The molecule has 1 aromatic carbocycles. The molecule has 0 radical (unpaired) electrons. The molecule has 1 atom stereocenters. The molecule has 1 fully saturated rings. The number of likely N-dealkylation sites (tertiary alicyclic amines) is 1. The smallest absolute Gasteiger partial charge is 0.256 e. The number of hydrogen-bond acceptors (Lipinski definition) is 1. The third-order valence-corrected chi connectivity index (χ3v) is 4.59. The van der Waals surface area contributed by atoms with E-state index < -0.39 is 5.82 Å². The minimum Gasteiger partial charge on any atom is -0.338 e. The van der Waals surface area contributed by atoms with Crippen LogP contribution in [0.1, 0.15) is 30.6 Å². The first kappa shape index (κ1) is 14.6. The van der Waals surface area contributed by atoms with Gasteiger partial charge in [0.05, 0.1) is 5.56 Å². The molecule has 1 amide bonds. The molecule has 0 N–H and O–H groups in total. The van der Waals surface area contributed by atoms with Crippen LogP contribution in [0, 0.1) is 11.2 Å². The number of nitrogens with zero attached hydrogens (tertiary/aromatic N) is 1. The first-order chi connectivity index (χ1) is 8.81. The van der Waals surface area contributed by atoms with Gasteiger partial charge in [0.25, 0.3) is 5.91 Å². The van der Waals surface area contributed by atoms with E-state index in [1.807, 2.05) is 13.8 Å². The standard InChI is InChI=1S/C14H16Cl2FNO/c1-14(2)8-18(6-5-12(14)16)13(19)10-4-3-9(15)7-11(10)17/h3-4,7,12H,5-6,8H2,1-2H3. The molecule has 5 heteroatoms. The minimum atomic E-state index is -0.580. The summed E-state index contributed by atoms with van der Waals surface area (Å²) in [6, 6.07) is 4.12. The number of carbonyl (C=O) groups is 1. The monoisotopic (exact) mass is 303 g/mol. The summed E-state index contributed by atoms with van der Waals surface area (Å²) in [5.74, 6) is -0.880. The molecular formula is C14H16Cl2FNO. The van der Waals surface area contributed by atoms with Crippen molar-refractivity contribution in [3.63, 3.8) is 0 Å². The molecule has 1 aromatic rings. The van der Waals surface area contributed by atoms with Gasteiger partial charge in [0.15, 0.2) is 0 Å². The number of carbonyl (C=O) groups excluding carboxylic acids is 1. The molecule has 0 aliphatic carbocycles. The van der Waals surface area contributed by atoms with Crippen molar-refractivity contribution < 1.29 is 9.18 Å². The Kier molecular flexibility index (Phi) is 4.07. The van der Waals surface area contributed by atoms with E-state index in [0.29, 0.717) is 13.1 Å². The second-order valence-electron chi connectivity index (χ2n) is 5.60. The van der Waals surface area contributed by atoms with Gasteiger partial charge in [0.1, 0.15) is 5.82 Å². The van der Waals surface area contributed by atoms with Crippen molar-refractivity contribution >= 4 is 29.1 Å². The first-order valence-corrected chi connectivity index (χ1v) is 7.01. The summed E-state index contributed by atoms with van der Waals surface area (Å²) in [6.45, 7) is 5.12. The van der Waals surface area contributed by atoms with Crippen LogP contribution in [0.3, 0.4) is 0 Å². The quantitative estimate of drug-likeness (QED) is 0.719. The second kappa shape index (κ2) is 5.29. The topological polar surface area (TPSA) is 20.3 Å². The fraction of sp³-hybridized carbons (Fsp3) is 0.500. The minimum absolute atomic E-state index is 0.0339. The summed E-state index contributed by atoms with van der Waals surface area (Å²) >= 11 is 11.9. The molecule has 0 bridgehead atoms. The molecule has 0 aromatic heterocycles. The summed E-state index contributed by atoms with van der Waals surface area (Å²) in [6.07, 6.45) is 0.718. The number of halogens is 3. The predicted molar refractivity (Wildman–Crippen MR) is 75.4 cm³/mol. The Balaban J connectivity index is 2.21. The molecule has 0 spiro atoms. The van der Waals surface area contributed by atoms with Crippen molar-refractivity contribution in [1.82, 2.24) is 4.90 Å². The summed E-state index contributed by atoms with van der Waals surface area (Å²) in [5.41, 5.74) is -0.105. The van der Waals surface area contributed by atoms with Gasteiger partial charge >= 0.3 is 0 Å². The van der Waals surface area contributed by atoms with Crippen molar-refractivity contribution in [1.29, 1.82) is 0 Å². The van der Waals surface area contributed by atoms with E-state index in [9.17, 15) is 9.18 Å². The lowest BCUT2D eigenvalue weighted by Gasteiger charge is -2.41. The zero-order chi connectivity index (χ0) is 14.2. The van der Waals surface area contributed by atoms with E-state index in [2.05, 4.69) is 0 Å². The second-order valence-corrected chi connectivity index (χ2v) is 6.56. The third kappa shape index (κ3) is 3.03. The average molecular weight is 304 g/mol. The van der Waals surface area contributed by atoms with Gasteiger partial charge in [-0.05, 0) is 30.0 Å². The lowest BCUT2D eigenvalue weighted by molar-refractivity contribution is 0.0588. The number of piperidine rings is 1. The number of benzene rings is 1. The summed E-state index contributed by atoms with van der Waals surface area (Å²) in [4.78, 5) is 14.0. The van der Waals surface area contributed by atoms with Crippen molar-refractivity contribution in [2.45, 2.75) is 25.6 Å². The highest BCUT2D eigenvalue weighted by Crippen LogP contribution is 2.34. The van der Waals surface area contributed by atoms with E-state index in [1.54, 1.807) is 4.90 Å². The lowest BCUT2D eigenvalue weighted by atomic mass is 9.83. The predicted octanol–water partition coefficient (Wildman–Crippen LogP) is 3.96. The molecule has 1 heterocycles. The molecule has 104 valence electrons. The highest BCUT2D eigenvalue weighted by molar-refractivity contribution is 6.30. The summed E-state index contributed by atoms with van der Waals surface area (Å²) in [7, 11) is 0. The Hall–Kier alpha value is -0.800. The number of amides is 1. The van der Waals surface area contributed by atoms with Crippen LogP contribution in [0.15, 0.2) is 18.2 Å². The Morgan fingerprint density at radius 1 is 1.47 bits per heavy atom. The zero-order valence-electron chi connectivity index (χ0n) is 10.9. The molecule has 19 heavy (non-hydrogen) atoms. The highest BCUT2D eigenvalue weighted by atomic mass is 35.5. The SMILES string of the molecule is CC1(C)CN(C(=O)c2ccc(Cl)cc2F)CCC1Cl. The molecule has 0 saturated carbocycles. The van der Waals surface area contributed by atoms with Crippen molar-refractivity contribution in [3.05, 3.63) is 34.6 Å². The van der Waals surface area contributed by atoms with Crippen LogP contribution in [-0.2, 0) is 0 Å². The van der Waals surface area contributed by atoms with Gasteiger partial charge < -0.3 is 4.90 Å². The maximum Gasteiger partial charge on any atom is 0.256 e. The van der Waals surface area contributed by atoms with Crippen LogP contribution in [-0.4, -0.2) is 29.3 Å². The summed E-state index contributed by atoms with van der Waals surface area (Å²) in [5, 5.41) is 0.320. The van der Waals surface area contributed by atoms with Crippen molar-refractivity contribution in [2.75, 3.05) is 13.1 Å². The molecule has 1 saturated heterocycles. The fourth-order valence-corrected chi connectivity index (χ4v) is 2.66. The molecule has 1 aliphatic heterocycles. The number of rotatable bonds is 1. The zero-order valence-corrected chi connectivity index (χ0v) is 12.4. The van der Waals surface area contributed by atoms with Crippen LogP contribution in [0.25, 0.3) is 0 Å². The van der Waals surface area contributed by atoms with Gasteiger partial charge in [-0.2, -0.15) is 0 Å². The van der Waals surface area contributed by atoms with E-state index in [1.165, 1.54) is 12.1 Å². The average Bonchev–Trinajstić information content (AvgIpc) is 2.32. The van der Waals surface area contributed by atoms with Gasteiger partial charge in [-0.15, -0.1) is 11.6 Å². The lowest BCUT2D eigenvalue weighted by Crippen LogP contribution is -2.49. The molecule has 1 unspecified atom stereocenters. The van der Waals surface area contributed by atoms with E-state index in [4.69, 9.17) is 23.2 Å². The largest absolute Gasteiger partial charge is 0.338 e. The maximum atomic E-state index is 13.8. The van der Waals surface area contributed by atoms with Gasteiger partial charge in [0, 0.05) is 23.5 Å². The molecule has 2 nitrogen and oxygen atoms in total. The van der Waals surface area contributed by atoms with Crippen LogP contribution >= 0.6 is 23.2 Å². The summed E-state index contributed by atoms with van der Waals surface area (Å²) < 4.78 is 13.8. The highest BCUT2D eigenvalue weighted by Gasteiger charge is 2.37. The number of hydrogen-bond donors (Lipinski definition) is 0. The van der Waals surface area contributed by atoms with Gasteiger partial charge in [-0.1, -0.05) is 25.4 Å². The number of alkyl halides is 1. The molecule has 2 rings (SSSR count). The van der Waals surface area contributed by atoms with E-state index in [-0.39, 0.29) is 27.3 Å². The maximum absolute atomic E-state index is 13.8. The van der Waals surface area contributed by atoms with Gasteiger partial charge in [0.2, 0.25) is 0 Å². The first-order valence-electron chi connectivity index (χ1n) is 6.19. The Bertz CT molecular complexity index is 504. The van der Waals surface area contributed by atoms with E-state index in [0.717, 1.165) is 12.5 Å². The Morgan fingerprint density at radius 3 is 2.74 bits per heavy atom. The van der Waals surface area contributed by atoms with Crippen molar-refractivity contribution in [3.8, 4) is 0 Å². The van der Waals surface area contributed by atoms with Crippen LogP contribution < -0.4 is 0 Å². The molecule has 1 aliphatic rings. The van der Waals surface area contributed by atoms with E-state index >= 15 is 0 Å². The molecular weight excluding hydrogens is 288 g/mol. The Morgan fingerprint density at radius 2 is 2.16 bits per heavy atom. The third-order valence-electron chi connectivity index (χ3n) is 3.55. The fourth-order valence-electron chi connectivity index (χ4n) is 2.34. The van der Waals surface area contributed by atoms with Gasteiger partial charge in [-0.3, -0.25) is 4.79 Å². The van der Waals surface area contributed by atoms with Crippen molar-refractivity contribution in [2.24, 2.45) is 5.41 Å². The van der Waals surface area contributed by atoms with Crippen LogP contribution in [0.4, 0.5) is 4.39 Å². The van der Waals surface area contributed by atoms with Gasteiger partial charge in [-0.25, -0.2) is 4.39 Å². The Labute approximate surface area is 122 Å². The van der Waals surface area contributed by atoms with Crippen LogP contribution in [0.5, 0.6) is 0 Å². The van der Waals surface area contributed by atoms with Crippen LogP contribution in [0.2, 0.25) is 5.02 Å².